The second-order valence-corrected chi connectivity index (χ2v) is 8.32. The van der Waals surface area contributed by atoms with Crippen LogP contribution in [-0.4, -0.2) is 27.9 Å². The monoisotopic (exact) mass is 368 g/mol. The molecule has 1 atom stereocenters. The molecular weight excluding hydrogens is 347 g/mol. The van der Waals surface area contributed by atoms with E-state index in [4.69, 9.17) is 0 Å². The van der Waals surface area contributed by atoms with E-state index in [-0.39, 0.29) is 17.0 Å². The summed E-state index contributed by atoms with van der Waals surface area (Å²) in [5, 5.41) is 14.7. The number of thioether (sulfide) groups is 1. The van der Waals surface area contributed by atoms with Gasteiger partial charge in [0, 0.05) is 13.1 Å². The van der Waals surface area contributed by atoms with Crippen LogP contribution in [0.1, 0.15) is 26.3 Å². The van der Waals surface area contributed by atoms with Gasteiger partial charge in [-0.15, -0.1) is 10.2 Å². The van der Waals surface area contributed by atoms with Gasteiger partial charge in [0.05, 0.1) is 5.25 Å². The highest BCUT2D eigenvalue weighted by Crippen LogP contribution is 2.29. The van der Waals surface area contributed by atoms with E-state index >= 15 is 0 Å². The van der Waals surface area contributed by atoms with Crippen molar-refractivity contribution in [1.82, 2.24) is 15.5 Å². The molecule has 0 aliphatic rings. The first-order valence-electron chi connectivity index (χ1n) is 7.70. The number of rotatable bonds is 8. The van der Waals surface area contributed by atoms with Crippen LogP contribution in [0, 0.1) is 11.7 Å². The summed E-state index contributed by atoms with van der Waals surface area (Å²) in [5.74, 6) is 0.157. The third-order valence-corrected chi connectivity index (χ3v) is 5.16. The standard InChI is InChI=1S/C16H21FN4OS2/c1-10(2)8-19-15-20-21-16(24-15)23-11(3)14(22)18-9-12-4-6-13(17)7-5-12/h4-7,10-11H,8-9H2,1-3H3,(H,18,22)(H,19,20)/t11-/m1/s1. The van der Waals surface area contributed by atoms with Crippen LogP contribution in [0.4, 0.5) is 9.52 Å². The van der Waals surface area contributed by atoms with Crippen LogP contribution < -0.4 is 10.6 Å². The third kappa shape index (κ3) is 6.09. The van der Waals surface area contributed by atoms with Crippen molar-refractivity contribution in [3.05, 3.63) is 35.6 Å². The summed E-state index contributed by atoms with van der Waals surface area (Å²) in [4.78, 5) is 12.1. The highest BCUT2D eigenvalue weighted by atomic mass is 32.2. The minimum atomic E-state index is -0.285. The summed E-state index contributed by atoms with van der Waals surface area (Å²) >= 11 is 2.82. The maximum Gasteiger partial charge on any atom is 0.233 e. The minimum absolute atomic E-state index is 0.0868. The maximum absolute atomic E-state index is 12.8. The van der Waals surface area contributed by atoms with E-state index in [9.17, 15) is 9.18 Å². The van der Waals surface area contributed by atoms with Gasteiger partial charge in [0.25, 0.3) is 0 Å². The summed E-state index contributed by atoms with van der Waals surface area (Å²) in [7, 11) is 0. The Labute approximate surface area is 149 Å². The molecule has 0 unspecified atom stereocenters. The normalized spacial score (nSPS) is 12.2. The molecule has 2 aromatic rings. The van der Waals surface area contributed by atoms with Crippen molar-refractivity contribution >= 4 is 34.1 Å². The lowest BCUT2D eigenvalue weighted by Crippen LogP contribution is -2.30. The zero-order valence-corrected chi connectivity index (χ0v) is 15.5. The van der Waals surface area contributed by atoms with Gasteiger partial charge in [-0.3, -0.25) is 4.79 Å². The van der Waals surface area contributed by atoms with E-state index in [1.165, 1.54) is 35.2 Å². The molecule has 0 saturated heterocycles. The van der Waals surface area contributed by atoms with Crippen LogP contribution in [-0.2, 0) is 11.3 Å². The number of benzene rings is 1. The Kier molecular flexibility index (Phi) is 6.99. The van der Waals surface area contributed by atoms with Gasteiger partial charge in [0.15, 0.2) is 4.34 Å². The fourth-order valence-electron chi connectivity index (χ4n) is 1.76. The van der Waals surface area contributed by atoms with Gasteiger partial charge < -0.3 is 10.6 Å². The van der Waals surface area contributed by atoms with Gasteiger partial charge in [-0.25, -0.2) is 4.39 Å². The quantitative estimate of drug-likeness (QED) is 0.698. The summed E-state index contributed by atoms with van der Waals surface area (Å²) in [6.07, 6.45) is 0. The Morgan fingerprint density at radius 2 is 1.96 bits per heavy atom. The highest BCUT2D eigenvalue weighted by molar-refractivity contribution is 8.02. The fraction of sp³-hybridized carbons (Fsp3) is 0.438. The molecule has 5 nitrogen and oxygen atoms in total. The lowest BCUT2D eigenvalue weighted by atomic mass is 10.2. The molecule has 0 bridgehead atoms. The maximum atomic E-state index is 12.8. The molecule has 0 saturated carbocycles. The molecule has 0 aliphatic heterocycles. The highest BCUT2D eigenvalue weighted by Gasteiger charge is 2.17. The Hall–Kier alpha value is -1.67. The van der Waals surface area contributed by atoms with Crippen molar-refractivity contribution in [2.45, 2.75) is 36.9 Å². The summed E-state index contributed by atoms with van der Waals surface area (Å²) in [6, 6.07) is 6.08. The van der Waals surface area contributed by atoms with Gasteiger partial charge in [0.1, 0.15) is 5.82 Å². The number of nitrogens with zero attached hydrogens (tertiary/aromatic N) is 2. The van der Waals surface area contributed by atoms with Gasteiger partial charge in [-0.2, -0.15) is 0 Å². The first-order valence-corrected chi connectivity index (χ1v) is 9.40. The molecule has 1 heterocycles. The van der Waals surface area contributed by atoms with E-state index in [1.807, 2.05) is 6.92 Å². The molecule has 0 aliphatic carbocycles. The van der Waals surface area contributed by atoms with Gasteiger partial charge in [0.2, 0.25) is 11.0 Å². The number of hydrogen-bond donors (Lipinski definition) is 2. The van der Waals surface area contributed by atoms with Crippen molar-refractivity contribution in [3.8, 4) is 0 Å². The van der Waals surface area contributed by atoms with Crippen molar-refractivity contribution in [1.29, 1.82) is 0 Å². The number of carbonyl (C=O) groups excluding carboxylic acids is 1. The molecule has 24 heavy (non-hydrogen) atoms. The number of anilines is 1. The molecule has 8 heteroatoms. The van der Waals surface area contributed by atoms with Crippen molar-refractivity contribution in [2.24, 2.45) is 5.92 Å². The molecule has 2 N–H and O–H groups in total. The van der Waals surface area contributed by atoms with Crippen LogP contribution in [0.25, 0.3) is 0 Å². The lowest BCUT2D eigenvalue weighted by molar-refractivity contribution is -0.120. The predicted molar refractivity (Wildman–Crippen MR) is 96.8 cm³/mol. The van der Waals surface area contributed by atoms with E-state index in [0.29, 0.717) is 12.5 Å². The molecule has 1 aromatic heterocycles. The second kappa shape index (κ2) is 8.98. The topological polar surface area (TPSA) is 66.9 Å². The van der Waals surface area contributed by atoms with Crippen LogP contribution in [0.3, 0.4) is 0 Å². The fourth-order valence-corrected chi connectivity index (χ4v) is 3.69. The first-order chi connectivity index (χ1) is 11.4. The van der Waals surface area contributed by atoms with Crippen molar-refractivity contribution in [3.63, 3.8) is 0 Å². The molecule has 0 spiro atoms. The van der Waals surface area contributed by atoms with Crippen LogP contribution >= 0.6 is 23.1 Å². The van der Waals surface area contributed by atoms with Crippen LogP contribution in [0.5, 0.6) is 0 Å². The Morgan fingerprint density at radius 3 is 2.62 bits per heavy atom. The zero-order valence-electron chi connectivity index (χ0n) is 13.9. The largest absolute Gasteiger partial charge is 0.360 e. The summed E-state index contributed by atoms with van der Waals surface area (Å²) < 4.78 is 13.6. The predicted octanol–water partition coefficient (Wildman–Crippen LogP) is 3.54. The molecule has 0 radical (unpaired) electrons. The second-order valence-electron chi connectivity index (χ2n) is 5.75. The third-order valence-electron chi connectivity index (χ3n) is 3.09. The molecule has 130 valence electrons. The average molecular weight is 369 g/mol. The molecule has 1 aromatic carbocycles. The van der Waals surface area contributed by atoms with E-state index in [0.717, 1.165) is 21.6 Å². The van der Waals surface area contributed by atoms with Gasteiger partial charge >= 0.3 is 0 Å². The van der Waals surface area contributed by atoms with E-state index in [1.54, 1.807) is 12.1 Å². The van der Waals surface area contributed by atoms with Gasteiger partial charge in [-0.1, -0.05) is 49.1 Å². The van der Waals surface area contributed by atoms with Crippen LogP contribution in [0.2, 0.25) is 0 Å². The minimum Gasteiger partial charge on any atom is -0.360 e. The average Bonchev–Trinajstić information content (AvgIpc) is 2.99. The number of hydrogen-bond acceptors (Lipinski definition) is 6. The number of carbonyl (C=O) groups is 1. The molecular formula is C16H21FN4OS2. The van der Waals surface area contributed by atoms with Crippen molar-refractivity contribution in [2.75, 3.05) is 11.9 Å². The molecule has 1 amide bonds. The lowest BCUT2D eigenvalue weighted by Gasteiger charge is -2.10. The Balaban J connectivity index is 1.79. The molecule has 0 fully saturated rings. The van der Waals surface area contributed by atoms with E-state index in [2.05, 4.69) is 34.7 Å². The van der Waals surface area contributed by atoms with Gasteiger partial charge in [-0.05, 0) is 30.5 Å². The number of amides is 1. The number of aromatic nitrogens is 2. The Bertz CT molecular complexity index is 660. The summed E-state index contributed by atoms with van der Waals surface area (Å²) in [5.41, 5.74) is 0.859. The molecule has 2 rings (SSSR count). The van der Waals surface area contributed by atoms with Crippen LogP contribution in [0.15, 0.2) is 28.6 Å². The summed E-state index contributed by atoms with van der Waals surface area (Å²) in [6.45, 7) is 7.29. The first kappa shape index (κ1) is 18.7. The SMILES string of the molecule is CC(C)CNc1nnc(S[C@H](C)C(=O)NCc2ccc(F)cc2)s1. The Morgan fingerprint density at radius 1 is 1.25 bits per heavy atom. The number of nitrogens with one attached hydrogen (secondary N) is 2. The smallest absolute Gasteiger partial charge is 0.233 e. The van der Waals surface area contributed by atoms with Crippen molar-refractivity contribution < 1.29 is 9.18 Å². The zero-order chi connectivity index (χ0) is 17.5. The number of halogens is 1. The van der Waals surface area contributed by atoms with E-state index < -0.39 is 0 Å².